The highest BCUT2D eigenvalue weighted by Gasteiger charge is 2.38. The van der Waals surface area contributed by atoms with E-state index in [1.165, 1.54) is 0 Å². The molecule has 0 aliphatic carbocycles. The van der Waals surface area contributed by atoms with Crippen LogP contribution in [0.5, 0.6) is 5.75 Å². The Kier molecular flexibility index (Phi) is 5.83. The zero-order valence-corrected chi connectivity index (χ0v) is 17.1. The molecule has 0 saturated carbocycles. The Morgan fingerprint density at radius 2 is 1.94 bits per heavy atom. The van der Waals surface area contributed by atoms with Gasteiger partial charge in [-0.25, -0.2) is 9.78 Å². The number of rotatable bonds is 8. The molecule has 9 heteroatoms. The van der Waals surface area contributed by atoms with Crippen molar-refractivity contribution in [1.29, 1.82) is 0 Å². The first-order chi connectivity index (χ1) is 15.0. The predicted octanol–water partition coefficient (Wildman–Crippen LogP) is 1.74. The first-order valence-electron chi connectivity index (χ1n) is 9.98. The molecule has 9 nitrogen and oxygen atoms in total. The van der Waals surface area contributed by atoms with Crippen LogP contribution in [-0.2, 0) is 22.6 Å². The summed E-state index contributed by atoms with van der Waals surface area (Å²) >= 11 is 0. The van der Waals surface area contributed by atoms with E-state index in [-0.39, 0.29) is 18.9 Å². The molecule has 1 aliphatic heterocycles. The first-order valence-corrected chi connectivity index (χ1v) is 9.98. The third-order valence-corrected chi connectivity index (χ3v) is 5.12. The van der Waals surface area contributed by atoms with Gasteiger partial charge in [-0.1, -0.05) is 24.3 Å². The number of imidazole rings is 1. The molecule has 0 unspecified atom stereocenters. The van der Waals surface area contributed by atoms with Gasteiger partial charge in [0, 0.05) is 13.0 Å². The minimum absolute atomic E-state index is 0.107. The lowest BCUT2D eigenvalue weighted by atomic mass is 10.1. The Morgan fingerprint density at radius 1 is 1.16 bits per heavy atom. The molecular formula is C22H23N5O4. The zero-order chi connectivity index (χ0) is 21.8. The van der Waals surface area contributed by atoms with E-state index in [1.807, 2.05) is 24.3 Å². The molecule has 1 atom stereocenters. The molecule has 31 heavy (non-hydrogen) atoms. The quantitative estimate of drug-likeness (QED) is 0.479. The summed E-state index contributed by atoms with van der Waals surface area (Å²) in [6.45, 7) is 0.516. The van der Waals surface area contributed by atoms with Crippen LogP contribution in [0.1, 0.15) is 17.8 Å². The van der Waals surface area contributed by atoms with Crippen molar-refractivity contribution in [2.24, 2.45) is 0 Å². The summed E-state index contributed by atoms with van der Waals surface area (Å²) < 4.78 is 5.11. The smallest absolute Gasteiger partial charge is 0.325 e. The fourth-order valence-electron chi connectivity index (χ4n) is 3.48. The van der Waals surface area contributed by atoms with E-state index in [9.17, 15) is 14.4 Å². The summed E-state index contributed by atoms with van der Waals surface area (Å²) in [7, 11) is 1.57. The fourth-order valence-corrected chi connectivity index (χ4v) is 3.48. The molecule has 0 radical (unpaired) electrons. The van der Waals surface area contributed by atoms with Gasteiger partial charge in [-0.15, -0.1) is 0 Å². The predicted molar refractivity (Wildman–Crippen MR) is 113 cm³/mol. The Balaban J connectivity index is 1.26. The van der Waals surface area contributed by atoms with Crippen LogP contribution in [0.3, 0.4) is 0 Å². The SMILES string of the molecule is COc1ccc(CN2C(=O)N[C@H](CC(=O)NCCc3nc4ccccc4[nH]3)C2=O)cc1. The van der Waals surface area contributed by atoms with Crippen LogP contribution >= 0.6 is 0 Å². The van der Waals surface area contributed by atoms with E-state index < -0.39 is 18.0 Å². The summed E-state index contributed by atoms with van der Waals surface area (Å²) in [6.07, 6.45) is 0.429. The van der Waals surface area contributed by atoms with Gasteiger partial charge >= 0.3 is 6.03 Å². The number of nitrogens with one attached hydrogen (secondary N) is 3. The molecule has 3 N–H and O–H groups in total. The summed E-state index contributed by atoms with van der Waals surface area (Å²) in [4.78, 5) is 45.9. The number of methoxy groups -OCH3 is 1. The van der Waals surface area contributed by atoms with Crippen molar-refractivity contribution in [1.82, 2.24) is 25.5 Å². The first kappa shape index (κ1) is 20.4. The van der Waals surface area contributed by atoms with Crippen molar-refractivity contribution < 1.29 is 19.1 Å². The van der Waals surface area contributed by atoms with E-state index in [0.29, 0.717) is 18.7 Å². The number of nitrogens with zero attached hydrogens (tertiary/aromatic N) is 2. The molecule has 4 amide bonds. The number of hydrogen-bond acceptors (Lipinski definition) is 5. The number of urea groups is 1. The van der Waals surface area contributed by atoms with E-state index in [0.717, 1.165) is 27.3 Å². The van der Waals surface area contributed by atoms with Gasteiger partial charge in [-0.2, -0.15) is 0 Å². The molecule has 1 aromatic heterocycles. The van der Waals surface area contributed by atoms with Crippen LogP contribution in [-0.4, -0.2) is 52.4 Å². The van der Waals surface area contributed by atoms with Gasteiger partial charge in [-0.05, 0) is 29.8 Å². The lowest BCUT2D eigenvalue weighted by Crippen LogP contribution is -2.37. The third kappa shape index (κ3) is 4.66. The molecule has 160 valence electrons. The average molecular weight is 421 g/mol. The largest absolute Gasteiger partial charge is 0.497 e. The van der Waals surface area contributed by atoms with Crippen molar-refractivity contribution in [2.45, 2.75) is 25.4 Å². The normalized spacial score (nSPS) is 15.9. The van der Waals surface area contributed by atoms with E-state index in [1.54, 1.807) is 31.4 Å². The van der Waals surface area contributed by atoms with Crippen LogP contribution in [0, 0.1) is 0 Å². The van der Waals surface area contributed by atoms with Gasteiger partial charge in [0.1, 0.15) is 17.6 Å². The standard InChI is InChI=1S/C22H23N5O4/c1-31-15-8-6-14(7-9-15)13-27-21(29)18(26-22(27)30)12-20(28)23-11-10-19-24-16-4-2-3-5-17(16)25-19/h2-9,18H,10-13H2,1H3,(H,23,28)(H,24,25)(H,26,30)/t18-/m1/s1. The molecular weight excluding hydrogens is 398 g/mol. The van der Waals surface area contributed by atoms with Gasteiger partial charge < -0.3 is 20.4 Å². The maximum absolute atomic E-state index is 12.6. The molecule has 3 aromatic rings. The van der Waals surface area contributed by atoms with Crippen LogP contribution < -0.4 is 15.4 Å². The van der Waals surface area contributed by atoms with Crippen molar-refractivity contribution >= 4 is 28.9 Å². The van der Waals surface area contributed by atoms with Gasteiger partial charge in [-0.3, -0.25) is 14.5 Å². The van der Waals surface area contributed by atoms with Gasteiger partial charge in [0.05, 0.1) is 31.1 Å². The van der Waals surface area contributed by atoms with Crippen molar-refractivity contribution in [3.05, 3.63) is 59.9 Å². The lowest BCUT2D eigenvalue weighted by Gasteiger charge is -2.13. The molecule has 4 rings (SSSR count). The van der Waals surface area contributed by atoms with Crippen molar-refractivity contribution in [3.8, 4) is 5.75 Å². The van der Waals surface area contributed by atoms with Crippen LogP contribution in [0.25, 0.3) is 11.0 Å². The Bertz CT molecular complexity index is 1080. The van der Waals surface area contributed by atoms with E-state index in [4.69, 9.17) is 4.74 Å². The second-order valence-electron chi connectivity index (χ2n) is 7.28. The number of carbonyl (C=O) groups is 3. The number of imide groups is 1. The number of aromatic nitrogens is 2. The van der Waals surface area contributed by atoms with E-state index in [2.05, 4.69) is 20.6 Å². The number of aromatic amines is 1. The summed E-state index contributed by atoms with van der Waals surface area (Å²) in [5.41, 5.74) is 2.61. The maximum Gasteiger partial charge on any atom is 0.325 e. The number of benzene rings is 2. The highest BCUT2D eigenvalue weighted by Crippen LogP contribution is 2.17. The average Bonchev–Trinajstić information content (AvgIpc) is 3.30. The van der Waals surface area contributed by atoms with Crippen LogP contribution in [0.4, 0.5) is 4.79 Å². The lowest BCUT2D eigenvalue weighted by molar-refractivity contribution is -0.131. The molecule has 2 heterocycles. The highest BCUT2D eigenvalue weighted by atomic mass is 16.5. The monoisotopic (exact) mass is 421 g/mol. The second-order valence-corrected chi connectivity index (χ2v) is 7.28. The Labute approximate surface area is 178 Å². The summed E-state index contributed by atoms with van der Waals surface area (Å²) in [5, 5.41) is 5.37. The van der Waals surface area contributed by atoms with Crippen LogP contribution in [0.2, 0.25) is 0 Å². The Morgan fingerprint density at radius 3 is 2.68 bits per heavy atom. The number of ether oxygens (including phenoxy) is 1. The molecule has 2 aromatic carbocycles. The van der Waals surface area contributed by atoms with Crippen molar-refractivity contribution in [2.75, 3.05) is 13.7 Å². The summed E-state index contributed by atoms with van der Waals surface area (Å²) in [6, 6.07) is 13.4. The topological polar surface area (TPSA) is 116 Å². The van der Waals surface area contributed by atoms with E-state index >= 15 is 0 Å². The number of hydrogen-bond donors (Lipinski definition) is 3. The molecule has 0 bridgehead atoms. The number of fused-ring (bicyclic) bond motifs is 1. The number of H-pyrrole nitrogens is 1. The van der Waals surface area contributed by atoms with Gasteiger partial charge in [0.25, 0.3) is 5.91 Å². The third-order valence-electron chi connectivity index (χ3n) is 5.12. The number of carbonyl (C=O) groups excluding carboxylic acids is 3. The molecule has 0 spiro atoms. The van der Waals surface area contributed by atoms with Gasteiger partial charge in [0.15, 0.2) is 0 Å². The molecule has 1 saturated heterocycles. The minimum Gasteiger partial charge on any atom is -0.497 e. The summed E-state index contributed by atoms with van der Waals surface area (Å²) in [5.74, 6) is 0.755. The Hall–Kier alpha value is -3.88. The molecule has 1 fully saturated rings. The van der Waals surface area contributed by atoms with Gasteiger partial charge in [0.2, 0.25) is 5.91 Å². The zero-order valence-electron chi connectivity index (χ0n) is 17.1. The fraction of sp³-hybridized carbons (Fsp3) is 0.273. The molecule has 1 aliphatic rings. The number of amides is 4. The second kappa shape index (κ2) is 8.86. The maximum atomic E-state index is 12.6. The minimum atomic E-state index is -0.864. The number of para-hydroxylation sites is 2. The highest BCUT2D eigenvalue weighted by molar-refractivity contribution is 6.05. The van der Waals surface area contributed by atoms with Crippen molar-refractivity contribution in [3.63, 3.8) is 0 Å². The van der Waals surface area contributed by atoms with Crippen LogP contribution in [0.15, 0.2) is 48.5 Å².